The second kappa shape index (κ2) is 3.69. The topological polar surface area (TPSA) is 20.3 Å². The van der Waals surface area contributed by atoms with E-state index in [2.05, 4.69) is 37.9 Å². The molecular weight excluding hydrogens is 186 g/mol. The predicted molar refractivity (Wildman–Crippen MR) is 62.6 cm³/mol. The molecule has 0 fully saturated rings. The Morgan fingerprint density at radius 1 is 1.47 bits per heavy atom. The van der Waals surface area contributed by atoms with Crippen LogP contribution in [0.5, 0.6) is 0 Å². The van der Waals surface area contributed by atoms with E-state index >= 15 is 0 Å². The summed E-state index contributed by atoms with van der Waals surface area (Å²) < 4.78 is 0. The maximum atomic E-state index is 10.6. The fourth-order valence-electron chi connectivity index (χ4n) is 2.50. The van der Waals surface area contributed by atoms with Crippen LogP contribution in [0.1, 0.15) is 29.0 Å². The summed E-state index contributed by atoms with van der Waals surface area (Å²) in [6.45, 7) is 5.27. The number of benzene rings is 1. The van der Waals surface area contributed by atoms with Crippen LogP contribution in [0.3, 0.4) is 0 Å². The summed E-state index contributed by atoms with van der Waals surface area (Å²) in [5.41, 5.74) is 5.35. The van der Waals surface area contributed by atoms with E-state index in [9.17, 15) is 4.79 Å². The van der Waals surface area contributed by atoms with Gasteiger partial charge >= 0.3 is 0 Å². The van der Waals surface area contributed by atoms with E-state index in [1.165, 1.54) is 22.4 Å². The van der Waals surface area contributed by atoms with Crippen LogP contribution >= 0.6 is 0 Å². The first-order valence-electron chi connectivity index (χ1n) is 5.40. The maximum Gasteiger partial charge on any atom is 0.120 e. The van der Waals surface area contributed by atoms with Gasteiger partial charge in [-0.05, 0) is 30.5 Å². The molecule has 0 N–H and O–H groups in total. The molecule has 80 valence electrons. The molecule has 2 rings (SSSR count). The van der Waals surface area contributed by atoms with Gasteiger partial charge in [-0.1, -0.05) is 12.1 Å². The molecule has 0 radical (unpaired) electrons. The molecule has 1 aliphatic rings. The minimum absolute atomic E-state index is 0.391. The molecule has 0 aromatic heterocycles. The van der Waals surface area contributed by atoms with Gasteiger partial charge in [-0.25, -0.2) is 0 Å². The number of likely N-dealkylation sites (N-methyl/N-ethyl adjacent to an activating group) is 1. The lowest BCUT2D eigenvalue weighted by Crippen LogP contribution is -2.16. The summed E-state index contributed by atoms with van der Waals surface area (Å²) in [6.07, 6.45) is 1.67. The molecular formula is C13H17NO. The zero-order valence-electron chi connectivity index (χ0n) is 9.58. The van der Waals surface area contributed by atoms with Gasteiger partial charge in [0.1, 0.15) is 6.29 Å². The van der Waals surface area contributed by atoms with Crippen LogP contribution in [-0.4, -0.2) is 19.9 Å². The minimum Gasteiger partial charge on any atom is -0.374 e. The van der Waals surface area contributed by atoms with Gasteiger partial charge < -0.3 is 9.69 Å². The Balaban J connectivity index is 2.49. The molecule has 0 saturated carbocycles. The van der Waals surface area contributed by atoms with Crippen molar-refractivity contribution in [2.24, 2.45) is 0 Å². The second-order valence-corrected chi connectivity index (χ2v) is 4.43. The Labute approximate surface area is 90.9 Å². The van der Waals surface area contributed by atoms with E-state index in [-0.39, 0.29) is 0 Å². The Morgan fingerprint density at radius 2 is 2.20 bits per heavy atom. The van der Waals surface area contributed by atoms with E-state index in [1.54, 1.807) is 0 Å². The molecule has 0 spiro atoms. The normalized spacial score (nSPS) is 19.1. The molecule has 0 bridgehead atoms. The number of aldehydes is 1. The Morgan fingerprint density at radius 3 is 2.87 bits per heavy atom. The second-order valence-electron chi connectivity index (χ2n) is 4.43. The summed E-state index contributed by atoms with van der Waals surface area (Å²) in [5, 5.41) is 0. The first-order valence-corrected chi connectivity index (χ1v) is 5.40. The van der Waals surface area contributed by atoms with Crippen molar-refractivity contribution in [3.05, 3.63) is 28.8 Å². The molecule has 1 atom stereocenters. The lowest BCUT2D eigenvalue weighted by molar-refractivity contribution is -0.108. The van der Waals surface area contributed by atoms with Gasteiger partial charge in [-0.3, -0.25) is 0 Å². The number of nitrogens with zero attached hydrogens (tertiary/aromatic N) is 1. The molecule has 1 aromatic rings. The van der Waals surface area contributed by atoms with E-state index in [0.717, 1.165) is 12.8 Å². The summed E-state index contributed by atoms with van der Waals surface area (Å²) >= 11 is 0. The zero-order chi connectivity index (χ0) is 11.0. The summed E-state index contributed by atoms with van der Waals surface area (Å²) in [7, 11) is 2.11. The molecule has 0 amide bonds. The summed E-state index contributed by atoms with van der Waals surface area (Å²) in [5.74, 6) is 0.391. The number of aryl methyl sites for hydroxylation is 1. The molecule has 1 unspecified atom stereocenters. The molecule has 15 heavy (non-hydrogen) atoms. The lowest BCUT2D eigenvalue weighted by atomic mass is 9.95. The van der Waals surface area contributed by atoms with E-state index < -0.39 is 0 Å². The zero-order valence-corrected chi connectivity index (χ0v) is 9.58. The smallest absolute Gasteiger partial charge is 0.120 e. The monoisotopic (exact) mass is 203 g/mol. The summed E-state index contributed by atoms with van der Waals surface area (Å²) in [6, 6.07) is 4.33. The van der Waals surface area contributed by atoms with Crippen molar-refractivity contribution in [3.63, 3.8) is 0 Å². The van der Waals surface area contributed by atoms with Crippen LogP contribution in [-0.2, 0) is 4.79 Å². The Hall–Kier alpha value is -1.31. The third-order valence-corrected chi connectivity index (χ3v) is 3.43. The van der Waals surface area contributed by atoms with Gasteiger partial charge in [-0.2, -0.15) is 0 Å². The minimum atomic E-state index is 0.391. The number of hydrogen-bond acceptors (Lipinski definition) is 2. The molecule has 0 saturated heterocycles. The van der Waals surface area contributed by atoms with Crippen LogP contribution in [0.2, 0.25) is 0 Å². The van der Waals surface area contributed by atoms with Gasteiger partial charge in [-0.15, -0.1) is 0 Å². The van der Waals surface area contributed by atoms with E-state index in [1.807, 2.05) is 0 Å². The van der Waals surface area contributed by atoms with Crippen LogP contribution in [0, 0.1) is 13.8 Å². The molecule has 1 aromatic carbocycles. The highest BCUT2D eigenvalue weighted by Crippen LogP contribution is 2.39. The fraction of sp³-hybridized carbons (Fsp3) is 0.462. The van der Waals surface area contributed by atoms with Crippen molar-refractivity contribution in [3.8, 4) is 0 Å². The lowest BCUT2D eigenvalue weighted by Gasteiger charge is -2.16. The third-order valence-electron chi connectivity index (χ3n) is 3.43. The SMILES string of the molecule is Cc1ccc2c(c1C)N(C)CC2CC=O. The molecule has 0 aliphatic carbocycles. The van der Waals surface area contributed by atoms with Gasteiger partial charge in [0.2, 0.25) is 0 Å². The quantitative estimate of drug-likeness (QED) is 0.688. The number of rotatable bonds is 2. The van der Waals surface area contributed by atoms with Crippen LogP contribution < -0.4 is 4.90 Å². The van der Waals surface area contributed by atoms with Crippen molar-refractivity contribution >= 4 is 12.0 Å². The number of carbonyl (C=O) groups is 1. The third kappa shape index (κ3) is 1.54. The van der Waals surface area contributed by atoms with Crippen molar-refractivity contribution in [2.45, 2.75) is 26.2 Å². The van der Waals surface area contributed by atoms with Crippen molar-refractivity contribution in [2.75, 3.05) is 18.5 Å². The first-order chi connectivity index (χ1) is 7.15. The van der Waals surface area contributed by atoms with Crippen LogP contribution in [0.25, 0.3) is 0 Å². The Bertz CT molecular complexity index is 398. The standard InChI is InChI=1S/C13H17NO/c1-9-4-5-12-11(6-7-15)8-14(3)13(12)10(9)2/h4-5,7,11H,6,8H2,1-3H3. The van der Waals surface area contributed by atoms with Crippen molar-refractivity contribution in [1.82, 2.24) is 0 Å². The van der Waals surface area contributed by atoms with Gasteiger partial charge in [0.25, 0.3) is 0 Å². The number of hydrogen-bond donors (Lipinski definition) is 0. The van der Waals surface area contributed by atoms with Crippen LogP contribution in [0.4, 0.5) is 5.69 Å². The molecule has 2 heteroatoms. The number of anilines is 1. The number of fused-ring (bicyclic) bond motifs is 1. The van der Waals surface area contributed by atoms with Crippen molar-refractivity contribution < 1.29 is 4.79 Å². The van der Waals surface area contributed by atoms with Gasteiger partial charge in [0.05, 0.1) is 0 Å². The van der Waals surface area contributed by atoms with E-state index in [0.29, 0.717) is 12.3 Å². The van der Waals surface area contributed by atoms with Gasteiger partial charge in [0.15, 0.2) is 0 Å². The van der Waals surface area contributed by atoms with Gasteiger partial charge in [0, 0.05) is 31.6 Å². The highest BCUT2D eigenvalue weighted by atomic mass is 16.1. The largest absolute Gasteiger partial charge is 0.374 e. The van der Waals surface area contributed by atoms with E-state index in [4.69, 9.17) is 0 Å². The maximum absolute atomic E-state index is 10.6. The summed E-state index contributed by atoms with van der Waals surface area (Å²) in [4.78, 5) is 12.9. The first kappa shape index (κ1) is 10.2. The predicted octanol–water partition coefficient (Wildman–Crippen LogP) is 2.43. The highest BCUT2D eigenvalue weighted by Gasteiger charge is 2.27. The highest BCUT2D eigenvalue weighted by molar-refractivity contribution is 5.68. The molecule has 1 heterocycles. The van der Waals surface area contributed by atoms with Crippen molar-refractivity contribution in [1.29, 1.82) is 0 Å². The number of carbonyl (C=O) groups excluding carboxylic acids is 1. The van der Waals surface area contributed by atoms with Crippen LogP contribution in [0.15, 0.2) is 12.1 Å². The average Bonchev–Trinajstić information content (AvgIpc) is 2.51. The Kier molecular flexibility index (Phi) is 2.51. The average molecular weight is 203 g/mol. The molecule has 2 nitrogen and oxygen atoms in total. The fourth-order valence-corrected chi connectivity index (χ4v) is 2.50. The molecule has 1 aliphatic heterocycles.